The second-order valence-corrected chi connectivity index (χ2v) is 10.2. The number of rotatable bonds is 7. The maximum absolute atomic E-state index is 13.4. The lowest BCUT2D eigenvalue weighted by Gasteiger charge is -2.35. The molecule has 1 aliphatic heterocycles. The number of hydrogen-bond acceptors (Lipinski definition) is 5. The standard InChI is InChI=1S/C22H25Cl2N3O5S/c1-2-32-22(29)26-12-10-25(11-13-26)21(28)16-27(15-17-8-9-18(23)14-20(17)24)33(30,31)19-6-4-3-5-7-19/h3-9,14H,2,10-13,15-16H2,1H3. The van der Waals surface area contributed by atoms with Crippen molar-refractivity contribution in [3.05, 3.63) is 64.1 Å². The molecular formula is C22H25Cl2N3O5S. The smallest absolute Gasteiger partial charge is 0.409 e. The zero-order valence-corrected chi connectivity index (χ0v) is 20.4. The van der Waals surface area contributed by atoms with Crippen LogP contribution in [0, 0.1) is 0 Å². The van der Waals surface area contributed by atoms with Gasteiger partial charge in [-0.05, 0) is 36.8 Å². The Balaban J connectivity index is 1.78. The average Bonchev–Trinajstić information content (AvgIpc) is 2.81. The molecule has 2 aromatic rings. The quantitative estimate of drug-likeness (QED) is 0.565. The number of hydrogen-bond donors (Lipinski definition) is 0. The van der Waals surface area contributed by atoms with Crippen molar-refractivity contribution in [2.75, 3.05) is 39.3 Å². The van der Waals surface area contributed by atoms with Gasteiger partial charge in [0.25, 0.3) is 0 Å². The van der Waals surface area contributed by atoms with Crippen LogP contribution < -0.4 is 0 Å². The van der Waals surface area contributed by atoms with Crippen molar-refractivity contribution < 1.29 is 22.7 Å². The number of nitrogens with zero attached hydrogens (tertiary/aromatic N) is 3. The molecule has 178 valence electrons. The van der Waals surface area contributed by atoms with Crippen LogP contribution in [-0.2, 0) is 26.1 Å². The predicted molar refractivity (Wildman–Crippen MR) is 126 cm³/mol. The molecule has 1 aliphatic rings. The van der Waals surface area contributed by atoms with Crippen molar-refractivity contribution in [1.82, 2.24) is 14.1 Å². The fourth-order valence-corrected chi connectivity index (χ4v) is 5.27. The van der Waals surface area contributed by atoms with E-state index in [0.717, 1.165) is 4.31 Å². The number of sulfonamides is 1. The molecule has 2 amide bonds. The third kappa shape index (κ3) is 6.38. The molecule has 8 nitrogen and oxygen atoms in total. The summed E-state index contributed by atoms with van der Waals surface area (Å²) in [5.74, 6) is -0.358. The van der Waals surface area contributed by atoms with Gasteiger partial charge in [0.2, 0.25) is 15.9 Å². The van der Waals surface area contributed by atoms with Crippen LogP contribution in [0.3, 0.4) is 0 Å². The fourth-order valence-electron chi connectivity index (χ4n) is 3.41. The van der Waals surface area contributed by atoms with E-state index in [1.54, 1.807) is 42.2 Å². The van der Waals surface area contributed by atoms with Gasteiger partial charge in [0, 0.05) is 42.8 Å². The summed E-state index contributed by atoms with van der Waals surface area (Å²) >= 11 is 12.2. The molecule has 2 aromatic carbocycles. The Morgan fingerprint density at radius 1 is 1.00 bits per heavy atom. The Hall–Kier alpha value is -2.33. The van der Waals surface area contributed by atoms with Gasteiger partial charge in [-0.1, -0.05) is 47.5 Å². The van der Waals surface area contributed by atoms with Crippen molar-refractivity contribution in [3.8, 4) is 0 Å². The van der Waals surface area contributed by atoms with E-state index in [4.69, 9.17) is 27.9 Å². The SMILES string of the molecule is CCOC(=O)N1CCN(C(=O)CN(Cc2ccc(Cl)cc2Cl)S(=O)(=O)c2ccccc2)CC1. The maximum atomic E-state index is 13.4. The summed E-state index contributed by atoms with van der Waals surface area (Å²) < 4.78 is 32.8. The van der Waals surface area contributed by atoms with E-state index in [2.05, 4.69) is 0 Å². The Morgan fingerprint density at radius 2 is 1.64 bits per heavy atom. The van der Waals surface area contributed by atoms with E-state index in [1.807, 2.05) is 0 Å². The number of carbonyl (C=O) groups excluding carboxylic acids is 2. The van der Waals surface area contributed by atoms with E-state index in [1.165, 1.54) is 23.1 Å². The lowest BCUT2D eigenvalue weighted by molar-refractivity contribution is -0.133. The van der Waals surface area contributed by atoms with Gasteiger partial charge in [0.05, 0.1) is 18.0 Å². The highest BCUT2D eigenvalue weighted by Gasteiger charge is 2.31. The molecule has 0 radical (unpaired) electrons. The molecule has 0 N–H and O–H groups in total. The van der Waals surface area contributed by atoms with Crippen LogP contribution in [0.2, 0.25) is 10.0 Å². The molecule has 0 saturated carbocycles. The molecule has 0 atom stereocenters. The fraction of sp³-hybridized carbons (Fsp3) is 0.364. The number of piperazine rings is 1. The predicted octanol–water partition coefficient (Wildman–Crippen LogP) is 3.49. The van der Waals surface area contributed by atoms with E-state index >= 15 is 0 Å². The molecule has 0 aliphatic carbocycles. The van der Waals surface area contributed by atoms with Crippen molar-refractivity contribution in [3.63, 3.8) is 0 Å². The van der Waals surface area contributed by atoms with E-state index in [-0.39, 0.29) is 30.5 Å². The summed E-state index contributed by atoms with van der Waals surface area (Å²) in [5.41, 5.74) is 0.528. The molecule has 11 heteroatoms. The third-order valence-electron chi connectivity index (χ3n) is 5.21. The van der Waals surface area contributed by atoms with Crippen LogP contribution in [0.1, 0.15) is 12.5 Å². The highest BCUT2D eigenvalue weighted by molar-refractivity contribution is 7.89. The zero-order valence-electron chi connectivity index (χ0n) is 18.1. The van der Waals surface area contributed by atoms with E-state index < -0.39 is 16.1 Å². The maximum Gasteiger partial charge on any atom is 0.409 e. The normalized spacial score (nSPS) is 14.4. The van der Waals surface area contributed by atoms with Gasteiger partial charge in [-0.25, -0.2) is 13.2 Å². The average molecular weight is 514 g/mol. The van der Waals surface area contributed by atoms with E-state index in [0.29, 0.717) is 41.8 Å². The van der Waals surface area contributed by atoms with Gasteiger partial charge in [-0.3, -0.25) is 4.79 Å². The highest BCUT2D eigenvalue weighted by Crippen LogP contribution is 2.25. The van der Waals surface area contributed by atoms with Crippen molar-refractivity contribution >= 4 is 45.2 Å². The molecule has 0 spiro atoms. The zero-order chi connectivity index (χ0) is 24.0. The van der Waals surface area contributed by atoms with Gasteiger partial charge in [-0.15, -0.1) is 0 Å². The topological polar surface area (TPSA) is 87.2 Å². The van der Waals surface area contributed by atoms with Gasteiger partial charge in [-0.2, -0.15) is 4.31 Å². The van der Waals surface area contributed by atoms with Crippen LogP contribution in [-0.4, -0.2) is 73.9 Å². The lowest BCUT2D eigenvalue weighted by Crippen LogP contribution is -2.53. The van der Waals surface area contributed by atoms with Gasteiger partial charge >= 0.3 is 6.09 Å². The summed E-state index contributed by atoms with van der Waals surface area (Å²) in [6, 6.07) is 12.7. The van der Waals surface area contributed by atoms with Crippen molar-refractivity contribution in [1.29, 1.82) is 0 Å². The first-order valence-electron chi connectivity index (χ1n) is 10.4. The molecule has 1 heterocycles. The highest BCUT2D eigenvalue weighted by atomic mass is 35.5. The number of ether oxygens (including phenoxy) is 1. The van der Waals surface area contributed by atoms with Crippen LogP contribution >= 0.6 is 23.2 Å². The number of halogens is 2. The number of amides is 2. The Kier molecular flexibility index (Phi) is 8.58. The largest absolute Gasteiger partial charge is 0.450 e. The summed E-state index contributed by atoms with van der Waals surface area (Å²) in [6.45, 7) is 2.76. The van der Waals surface area contributed by atoms with Crippen molar-refractivity contribution in [2.45, 2.75) is 18.4 Å². The first-order chi connectivity index (χ1) is 15.7. The third-order valence-corrected chi connectivity index (χ3v) is 7.61. The minimum Gasteiger partial charge on any atom is -0.450 e. The first-order valence-corrected chi connectivity index (χ1v) is 12.6. The van der Waals surface area contributed by atoms with Crippen LogP contribution in [0.5, 0.6) is 0 Å². The summed E-state index contributed by atoms with van der Waals surface area (Å²) in [6.07, 6.45) is -0.421. The Bertz CT molecular complexity index is 1090. The van der Waals surface area contributed by atoms with Gasteiger partial charge in [0.1, 0.15) is 0 Å². The van der Waals surface area contributed by atoms with Crippen LogP contribution in [0.15, 0.2) is 53.4 Å². The summed E-state index contributed by atoms with van der Waals surface area (Å²) in [7, 11) is -3.98. The van der Waals surface area contributed by atoms with Crippen molar-refractivity contribution in [2.24, 2.45) is 0 Å². The number of benzene rings is 2. The second kappa shape index (κ2) is 11.2. The van der Waals surface area contributed by atoms with E-state index in [9.17, 15) is 18.0 Å². The molecule has 1 saturated heterocycles. The lowest BCUT2D eigenvalue weighted by atomic mass is 10.2. The summed E-state index contributed by atoms with van der Waals surface area (Å²) in [5, 5.41) is 0.739. The monoisotopic (exact) mass is 513 g/mol. The molecule has 1 fully saturated rings. The molecule has 0 bridgehead atoms. The minimum absolute atomic E-state index is 0.0787. The summed E-state index contributed by atoms with van der Waals surface area (Å²) in [4.78, 5) is 28.1. The van der Waals surface area contributed by atoms with Crippen LogP contribution in [0.4, 0.5) is 4.79 Å². The van der Waals surface area contributed by atoms with Gasteiger partial charge < -0.3 is 14.5 Å². The number of carbonyl (C=O) groups is 2. The molecule has 33 heavy (non-hydrogen) atoms. The van der Waals surface area contributed by atoms with Crippen LogP contribution in [0.25, 0.3) is 0 Å². The minimum atomic E-state index is -3.98. The molecule has 3 rings (SSSR count). The second-order valence-electron chi connectivity index (χ2n) is 7.39. The molecule has 0 aromatic heterocycles. The Morgan fingerprint density at radius 3 is 2.24 bits per heavy atom. The Labute approximate surface area is 203 Å². The molecular weight excluding hydrogens is 489 g/mol. The van der Waals surface area contributed by atoms with Gasteiger partial charge in [0.15, 0.2) is 0 Å². The first kappa shape index (κ1) is 25.3. The molecule has 0 unspecified atom stereocenters.